The van der Waals surface area contributed by atoms with Crippen LogP contribution in [0.3, 0.4) is 0 Å². The zero-order valence-electron chi connectivity index (χ0n) is 13.0. The lowest BCUT2D eigenvalue weighted by atomic mass is 10.1. The summed E-state index contributed by atoms with van der Waals surface area (Å²) in [6.45, 7) is 3.87. The van der Waals surface area contributed by atoms with Crippen LogP contribution in [-0.4, -0.2) is 4.57 Å². The molecule has 0 N–H and O–H groups in total. The lowest BCUT2D eigenvalue weighted by Crippen LogP contribution is -2.03. The van der Waals surface area contributed by atoms with E-state index < -0.39 is 0 Å². The van der Waals surface area contributed by atoms with E-state index in [1.54, 1.807) is 0 Å². The van der Waals surface area contributed by atoms with Crippen LogP contribution in [0, 0.1) is 0 Å². The summed E-state index contributed by atoms with van der Waals surface area (Å²) < 4.78 is 2.01. The summed E-state index contributed by atoms with van der Waals surface area (Å²) in [5, 5.41) is 3.91. The molecule has 3 aromatic carbocycles. The van der Waals surface area contributed by atoms with Crippen LogP contribution in [0.1, 0.15) is 5.56 Å². The molecule has 0 spiro atoms. The molecular formula is C21H17NO. The van der Waals surface area contributed by atoms with E-state index in [0.29, 0.717) is 0 Å². The van der Waals surface area contributed by atoms with E-state index >= 15 is 0 Å². The predicted molar refractivity (Wildman–Crippen MR) is 98.1 cm³/mol. The number of aromatic nitrogens is 1. The molecule has 0 bridgehead atoms. The molecule has 2 nitrogen and oxygen atoms in total. The van der Waals surface area contributed by atoms with Crippen LogP contribution < -0.4 is 5.43 Å². The van der Waals surface area contributed by atoms with Gasteiger partial charge in [0.15, 0.2) is 0 Å². The quantitative estimate of drug-likeness (QED) is 0.497. The van der Waals surface area contributed by atoms with Crippen LogP contribution in [0.25, 0.3) is 32.6 Å². The molecule has 0 unspecified atom stereocenters. The number of para-hydroxylation sites is 1. The first kappa shape index (κ1) is 13.8. The van der Waals surface area contributed by atoms with Crippen LogP contribution in [0.4, 0.5) is 0 Å². The Hall–Kier alpha value is -2.87. The highest BCUT2D eigenvalue weighted by molar-refractivity contribution is 6.10. The van der Waals surface area contributed by atoms with Crippen molar-refractivity contribution in [2.75, 3.05) is 0 Å². The highest BCUT2D eigenvalue weighted by Gasteiger charge is 2.13. The number of rotatable bonds is 2. The Morgan fingerprint density at radius 3 is 2.35 bits per heavy atom. The summed E-state index contributed by atoms with van der Waals surface area (Å²) in [5.74, 6) is 0. The van der Waals surface area contributed by atoms with Gasteiger partial charge in [-0.1, -0.05) is 48.5 Å². The van der Waals surface area contributed by atoms with Crippen molar-refractivity contribution in [3.05, 3.63) is 83.0 Å². The second kappa shape index (κ2) is 5.10. The monoisotopic (exact) mass is 299 g/mol. The summed E-state index contributed by atoms with van der Waals surface area (Å²) >= 11 is 0. The largest absolute Gasteiger partial charge is 0.340 e. The van der Waals surface area contributed by atoms with Crippen molar-refractivity contribution in [3.63, 3.8) is 0 Å². The standard InChI is InChI=1S/C21H17NO/c1-3-8-14-13-18-16-10-6-7-12-19(16)22(2)20(18)21(23)17-11-5-4-9-15(14)17/h3-7,9-13H,1,8H2,2H3. The Kier molecular flexibility index (Phi) is 3.05. The van der Waals surface area contributed by atoms with Gasteiger partial charge in [0.1, 0.15) is 0 Å². The van der Waals surface area contributed by atoms with Crippen LogP contribution >= 0.6 is 0 Å². The molecule has 0 aliphatic carbocycles. The van der Waals surface area contributed by atoms with Crippen LogP contribution in [0.2, 0.25) is 0 Å². The van der Waals surface area contributed by atoms with Crippen LogP contribution in [0.5, 0.6) is 0 Å². The summed E-state index contributed by atoms with van der Waals surface area (Å²) in [5.41, 5.74) is 3.07. The van der Waals surface area contributed by atoms with Crippen molar-refractivity contribution in [1.82, 2.24) is 4.57 Å². The highest BCUT2D eigenvalue weighted by atomic mass is 16.1. The number of hydrogen-bond acceptors (Lipinski definition) is 1. The minimum atomic E-state index is 0.0876. The minimum absolute atomic E-state index is 0.0876. The van der Waals surface area contributed by atoms with Crippen molar-refractivity contribution in [3.8, 4) is 0 Å². The molecule has 0 radical (unpaired) electrons. The molecular weight excluding hydrogens is 282 g/mol. The van der Waals surface area contributed by atoms with Gasteiger partial charge >= 0.3 is 0 Å². The molecule has 23 heavy (non-hydrogen) atoms. The molecule has 2 heteroatoms. The molecule has 0 saturated heterocycles. The lowest BCUT2D eigenvalue weighted by Gasteiger charge is -1.99. The number of hydrogen-bond donors (Lipinski definition) is 0. The van der Waals surface area contributed by atoms with Gasteiger partial charge < -0.3 is 4.57 Å². The van der Waals surface area contributed by atoms with Gasteiger partial charge in [-0.3, -0.25) is 4.79 Å². The second-order valence-corrected chi connectivity index (χ2v) is 5.88. The topological polar surface area (TPSA) is 22.0 Å². The summed E-state index contributed by atoms with van der Waals surface area (Å²) in [4.78, 5) is 13.2. The van der Waals surface area contributed by atoms with Crippen molar-refractivity contribution in [1.29, 1.82) is 0 Å². The first-order valence-electron chi connectivity index (χ1n) is 7.75. The average molecular weight is 299 g/mol. The van der Waals surface area contributed by atoms with Crippen LogP contribution in [0.15, 0.2) is 72.0 Å². The number of nitrogens with zero attached hydrogens (tertiary/aromatic N) is 1. The maximum atomic E-state index is 13.2. The molecule has 0 aliphatic rings. The molecule has 1 aromatic heterocycles. The molecule has 0 saturated carbocycles. The summed E-state index contributed by atoms with van der Waals surface area (Å²) in [7, 11) is 1.97. The number of allylic oxidation sites excluding steroid dienone is 1. The van der Waals surface area contributed by atoms with Crippen molar-refractivity contribution in [2.24, 2.45) is 7.05 Å². The lowest BCUT2D eigenvalue weighted by molar-refractivity contribution is 1.01. The predicted octanol–water partition coefficient (Wildman–Crippen LogP) is 4.57. The fourth-order valence-electron chi connectivity index (χ4n) is 3.51. The number of aryl methyl sites for hydroxylation is 1. The summed E-state index contributed by atoms with van der Waals surface area (Å²) in [6, 6.07) is 18.2. The normalized spacial score (nSPS) is 11.3. The SMILES string of the molecule is C=CCc1cc2c3ccccc3n(C)c2c(=O)c2ccccc12. The van der Waals surface area contributed by atoms with Gasteiger partial charge in [-0.25, -0.2) is 0 Å². The molecule has 0 fully saturated rings. The molecule has 4 aromatic rings. The van der Waals surface area contributed by atoms with Crippen molar-refractivity contribution in [2.45, 2.75) is 6.42 Å². The fourth-order valence-corrected chi connectivity index (χ4v) is 3.51. The summed E-state index contributed by atoms with van der Waals surface area (Å²) in [6.07, 6.45) is 2.64. The second-order valence-electron chi connectivity index (χ2n) is 5.88. The first-order valence-corrected chi connectivity index (χ1v) is 7.75. The Bertz CT molecular complexity index is 1140. The van der Waals surface area contributed by atoms with E-state index in [1.165, 1.54) is 0 Å². The highest BCUT2D eigenvalue weighted by Crippen LogP contribution is 2.29. The number of fused-ring (bicyclic) bond motifs is 4. The Balaban J connectivity index is 2.39. The van der Waals surface area contributed by atoms with Crippen LogP contribution in [-0.2, 0) is 13.5 Å². The van der Waals surface area contributed by atoms with Crippen molar-refractivity contribution < 1.29 is 0 Å². The third kappa shape index (κ3) is 1.92. The third-order valence-corrected chi connectivity index (χ3v) is 4.56. The number of benzene rings is 2. The van der Waals surface area contributed by atoms with Gasteiger partial charge in [-0.05, 0) is 29.5 Å². The van der Waals surface area contributed by atoms with Crippen molar-refractivity contribution >= 4 is 32.6 Å². The van der Waals surface area contributed by atoms with Gasteiger partial charge in [-0.2, -0.15) is 0 Å². The van der Waals surface area contributed by atoms with Gasteiger partial charge in [0.25, 0.3) is 0 Å². The van der Waals surface area contributed by atoms with Gasteiger partial charge in [-0.15, -0.1) is 6.58 Å². The van der Waals surface area contributed by atoms with E-state index in [4.69, 9.17) is 0 Å². The van der Waals surface area contributed by atoms with Gasteiger partial charge in [0.05, 0.1) is 5.52 Å². The zero-order valence-corrected chi connectivity index (χ0v) is 13.0. The van der Waals surface area contributed by atoms with E-state index in [-0.39, 0.29) is 5.43 Å². The Labute approximate surface area is 134 Å². The molecule has 0 atom stereocenters. The van der Waals surface area contributed by atoms with E-state index in [1.807, 2.05) is 54.1 Å². The first-order chi connectivity index (χ1) is 11.2. The van der Waals surface area contributed by atoms with Gasteiger partial charge in [0, 0.05) is 28.7 Å². The molecule has 112 valence electrons. The fraction of sp³-hybridized carbons (Fsp3) is 0.0952. The molecule has 0 amide bonds. The maximum Gasteiger partial charge on any atom is 0.210 e. The van der Waals surface area contributed by atoms with Gasteiger partial charge in [0.2, 0.25) is 5.43 Å². The van der Waals surface area contributed by atoms with E-state index in [9.17, 15) is 4.79 Å². The Morgan fingerprint density at radius 1 is 0.957 bits per heavy atom. The minimum Gasteiger partial charge on any atom is -0.340 e. The molecule has 4 rings (SSSR count). The average Bonchev–Trinajstić information content (AvgIpc) is 2.79. The zero-order chi connectivity index (χ0) is 16.0. The van der Waals surface area contributed by atoms with E-state index in [2.05, 4.69) is 24.8 Å². The smallest absolute Gasteiger partial charge is 0.210 e. The maximum absolute atomic E-state index is 13.2. The molecule has 1 heterocycles. The third-order valence-electron chi connectivity index (χ3n) is 4.56. The Morgan fingerprint density at radius 2 is 1.61 bits per heavy atom. The van der Waals surface area contributed by atoms with E-state index in [0.717, 1.165) is 44.6 Å². The molecule has 0 aliphatic heterocycles.